The van der Waals surface area contributed by atoms with Gasteiger partial charge in [0.1, 0.15) is 11.5 Å². The third-order valence-corrected chi connectivity index (χ3v) is 12.6. The Morgan fingerprint density at radius 1 is 0.290 bits per heavy atom. The van der Waals surface area contributed by atoms with Gasteiger partial charge in [-0.15, -0.1) is 0 Å². The molecule has 1 aliphatic carbocycles. The number of aromatic nitrogens is 2. The molecule has 1 aliphatic heterocycles. The van der Waals surface area contributed by atoms with E-state index in [2.05, 4.69) is 231 Å². The molecule has 9 aromatic carbocycles. The molecule has 0 saturated heterocycles. The summed E-state index contributed by atoms with van der Waals surface area (Å²) in [4.78, 5) is 10.7. The van der Waals surface area contributed by atoms with Crippen LogP contribution in [0.1, 0.15) is 22.3 Å². The van der Waals surface area contributed by atoms with Gasteiger partial charge < -0.3 is 4.74 Å². The topological polar surface area (TPSA) is 35.0 Å². The lowest BCUT2D eigenvalue weighted by Crippen LogP contribution is -2.32. The van der Waals surface area contributed by atoms with Gasteiger partial charge in [0.05, 0.1) is 16.8 Å². The number of nitrogens with zero attached hydrogens (tertiary/aromatic N) is 2. The van der Waals surface area contributed by atoms with Crippen LogP contribution in [0.25, 0.3) is 78.4 Å². The molecule has 0 N–H and O–H groups in total. The molecule has 1 aromatic heterocycles. The fourth-order valence-corrected chi connectivity index (χ4v) is 9.78. The van der Waals surface area contributed by atoms with E-state index in [1.807, 2.05) is 0 Å². The van der Waals surface area contributed by atoms with Crippen molar-refractivity contribution in [3.8, 4) is 89.9 Å². The molecule has 3 nitrogen and oxygen atoms in total. The SMILES string of the molecule is c1ccc(-c2cccc(-c3cc(-c4cccc(-c5ccccc5)c4)nc(-c4cccc(-c5cccc6c5Oc5ccccc5C65c6ccccc6-c6ccccc65)c4)n3)c2)cc1. The molecule has 2 heterocycles. The minimum Gasteiger partial charge on any atom is -0.456 e. The van der Waals surface area contributed by atoms with E-state index in [1.165, 1.54) is 22.3 Å². The van der Waals surface area contributed by atoms with Gasteiger partial charge in [-0.25, -0.2) is 9.97 Å². The van der Waals surface area contributed by atoms with Gasteiger partial charge in [-0.05, 0) is 80.4 Å². The summed E-state index contributed by atoms with van der Waals surface area (Å²) in [5.41, 5.74) is 18.1. The third kappa shape index (κ3) is 5.74. The number of hydrogen-bond acceptors (Lipinski definition) is 3. The number of rotatable bonds is 6. The molecule has 0 bridgehead atoms. The molecule has 12 rings (SSSR count). The predicted octanol–water partition coefficient (Wildman–Crippen LogP) is 14.9. The Morgan fingerprint density at radius 3 is 1.32 bits per heavy atom. The molecule has 0 fully saturated rings. The molecular formula is C59H38N2O. The van der Waals surface area contributed by atoms with Crippen LogP contribution in [0.5, 0.6) is 11.5 Å². The second kappa shape index (κ2) is 14.5. The number of hydrogen-bond donors (Lipinski definition) is 0. The van der Waals surface area contributed by atoms with Gasteiger partial charge in [0.2, 0.25) is 0 Å². The van der Waals surface area contributed by atoms with Crippen LogP contribution in [0, 0.1) is 0 Å². The van der Waals surface area contributed by atoms with Crippen LogP contribution in [0.3, 0.4) is 0 Å². The van der Waals surface area contributed by atoms with Crippen LogP contribution in [-0.4, -0.2) is 9.97 Å². The molecular weight excluding hydrogens is 753 g/mol. The summed E-state index contributed by atoms with van der Waals surface area (Å²) >= 11 is 0. The van der Waals surface area contributed by atoms with Gasteiger partial charge in [-0.2, -0.15) is 0 Å². The predicted molar refractivity (Wildman–Crippen MR) is 252 cm³/mol. The Labute approximate surface area is 361 Å². The van der Waals surface area contributed by atoms with Crippen LogP contribution >= 0.6 is 0 Å². The van der Waals surface area contributed by atoms with Crippen molar-refractivity contribution in [3.05, 3.63) is 253 Å². The molecule has 0 saturated carbocycles. The lowest BCUT2D eigenvalue weighted by Gasteiger charge is -2.40. The highest BCUT2D eigenvalue weighted by Crippen LogP contribution is 2.63. The zero-order valence-corrected chi connectivity index (χ0v) is 33.7. The van der Waals surface area contributed by atoms with Crippen molar-refractivity contribution in [1.29, 1.82) is 0 Å². The maximum Gasteiger partial charge on any atom is 0.160 e. The first-order valence-electron chi connectivity index (χ1n) is 21.1. The largest absolute Gasteiger partial charge is 0.456 e. The van der Waals surface area contributed by atoms with E-state index in [1.54, 1.807) is 0 Å². The maximum absolute atomic E-state index is 7.04. The first-order valence-corrected chi connectivity index (χ1v) is 21.1. The molecule has 0 atom stereocenters. The number of benzene rings is 9. The summed E-state index contributed by atoms with van der Waals surface area (Å²) in [5.74, 6) is 2.38. The fourth-order valence-electron chi connectivity index (χ4n) is 9.78. The highest BCUT2D eigenvalue weighted by molar-refractivity contribution is 5.91. The van der Waals surface area contributed by atoms with Crippen LogP contribution in [0.15, 0.2) is 231 Å². The molecule has 62 heavy (non-hydrogen) atoms. The monoisotopic (exact) mass is 790 g/mol. The van der Waals surface area contributed by atoms with Crippen LogP contribution in [0.4, 0.5) is 0 Å². The maximum atomic E-state index is 7.04. The summed E-state index contributed by atoms with van der Waals surface area (Å²) in [6.45, 7) is 0. The summed E-state index contributed by atoms with van der Waals surface area (Å²) in [6, 6.07) is 81.9. The average molecular weight is 791 g/mol. The van der Waals surface area contributed by atoms with Crippen molar-refractivity contribution in [2.75, 3.05) is 0 Å². The Kier molecular flexibility index (Phi) is 8.39. The van der Waals surface area contributed by atoms with Crippen LogP contribution in [0.2, 0.25) is 0 Å². The molecule has 10 aromatic rings. The van der Waals surface area contributed by atoms with Gasteiger partial charge >= 0.3 is 0 Å². The van der Waals surface area contributed by atoms with Gasteiger partial charge in [0.25, 0.3) is 0 Å². The Balaban J connectivity index is 1.03. The van der Waals surface area contributed by atoms with Crippen molar-refractivity contribution >= 4 is 0 Å². The molecule has 3 heteroatoms. The van der Waals surface area contributed by atoms with E-state index in [4.69, 9.17) is 14.7 Å². The first kappa shape index (κ1) is 35.8. The van der Waals surface area contributed by atoms with Crippen LogP contribution in [-0.2, 0) is 5.41 Å². The molecule has 1 spiro atoms. The van der Waals surface area contributed by atoms with Gasteiger partial charge in [0.15, 0.2) is 5.82 Å². The van der Waals surface area contributed by atoms with Gasteiger partial charge in [-0.1, -0.05) is 200 Å². The fraction of sp³-hybridized carbons (Fsp3) is 0.0169. The first-order chi connectivity index (χ1) is 30.7. The summed E-state index contributed by atoms with van der Waals surface area (Å²) in [7, 11) is 0. The van der Waals surface area contributed by atoms with Crippen molar-refractivity contribution in [1.82, 2.24) is 9.97 Å². The van der Waals surface area contributed by atoms with Crippen molar-refractivity contribution in [2.24, 2.45) is 0 Å². The quantitative estimate of drug-likeness (QED) is 0.168. The molecule has 0 radical (unpaired) electrons. The van der Waals surface area contributed by atoms with Crippen LogP contribution < -0.4 is 4.74 Å². The smallest absolute Gasteiger partial charge is 0.160 e. The lowest BCUT2D eigenvalue weighted by molar-refractivity contribution is 0.438. The molecule has 2 aliphatic rings. The highest BCUT2D eigenvalue weighted by Gasteiger charge is 2.51. The zero-order valence-electron chi connectivity index (χ0n) is 33.7. The Morgan fingerprint density at radius 2 is 0.710 bits per heavy atom. The van der Waals surface area contributed by atoms with E-state index >= 15 is 0 Å². The van der Waals surface area contributed by atoms with Gasteiger partial charge in [0, 0.05) is 33.4 Å². The van der Waals surface area contributed by atoms with Crippen molar-refractivity contribution in [3.63, 3.8) is 0 Å². The molecule has 0 amide bonds. The minimum atomic E-state index is -0.542. The minimum absolute atomic E-state index is 0.542. The normalized spacial score (nSPS) is 12.8. The van der Waals surface area contributed by atoms with Crippen molar-refractivity contribution < 1.29 is 4.74 Å². The van der Waals surface area contributed by atoms with E-state index in [0.717, 1.165) is 84.1 Å². The Bertz CT molecular complexity index is 3190. The van der Waals surface area contributed by atoms with E-state index in [0.29, 0.717) is 5.82 Å². The second-order valence-corrected chi connectivity index (χ2v) is 16.1. The summed E-state index contributed by atoms with van der Waals surface area (Å²) in [6.07, 6.45) is 0. The number of ether oxygens (including phenoxy) is 1. The summed E-state index contributed by atoms with van der Waals surface area (Å²) < 4.78 is 7.04. The highest BCUT2D eigenvalue weighted by atomic mass is 16.5. The lowest BCUT2D eigenvalue weighted by atomic mass is 9.65. The van der Waals surface area contributed by atoms with E-state index < -0.39 is 5.41 Å². The second-order valence-electron chi connectivity index (χ2n) is 16.1. The van der Waals surface area contributed by atoms with Crippen molar-refractivity contribution in [2.45, 2.75) is 5.41 Å². The number of para-hydroxylation sites is 2. The summed E-state index contributed by atoms with van der Waals surface area (Å²) in [5, 5.41) is 0. The number of fused-ring (bicyclic) bond motifs is 9. The van der Waals surface area contributed by atoms with E-state index in [-0.39, 0.29) is 0 Å². The zero-order chi connectivity index (χ0) is 41.0. The molecule has 0 unspecified atom stereocenters. The Hall–Kier alpha value is -8.14. The standard InChI is InChI=1S/C59H38N2O/c1-3-17-39(18-4-1)41-21-13-24-44(35-41)54-38-55(45-25-14-22-42(36-45)40-19-5-2-6-20-40)61-58(60-54)46-26-15-23-43(37-46)47-29-16-33-53-57(47)62-56-34-12-11-32-52(56)59(53)50-30-9-7-27-48(50)49-28-8-10-31-51(49)59/h1-38H. The van der Waals surface area contributed by atoms with E-state index in [9.17, 15) is 0 Å². The third-order valence-electron chi connectivity index (χ3n) is 12.6. The van der Waals surface area contributed by atoms with Gasteiger partial charge in [-0.3, -0.25) is 0 Å². The molecule has 290 valence electrons. The average Bonchev–Trinajstić information content (AvgIpc) is 3.65.